The molecule has 40 heavy (non-hydrogen) atoms. The van der Waals surface area contributed by atoms with Crippen molar-refractivity contribution in [1.82, 2.24) is 15.6 Å². The Bertz CT molecular complexity index is 1390. The van der Waals surface area contributed by atoms with Crippen LogP contribution in [0.1, 0.15) is 21.5 Å². The van der Waals surface area contributed by atoms with Gasteiger partial charge in [-0.15, -0.1) is 0 Å². The number of nitrogens with one attached hydrogen (secondary N) is 3. The van der Waals surface area contributed by atoms with Crippen LogP contribution in [0, 0.1) is 17.1 Å². The standard InChI is InChI=1S/C28H30FN7O4/c29-20-6-3-4-18(12-20)10-11-33-27-23(8-9-24(36-27)22-7-2-1-5-19(22)13-30)28(39)34-16-21(35-25(37)14-31)17-40-26(38)15-32/h1-9,12,21H,10-11,14-17,31-32H2,(H,33,36)(H,34,39)(H,35,37)/t21-/m0/s1. The molecule has 0 aliphatic rings. The fraction of sp³-hybridized carbons (Fsp3) is 0.250. The number of benzene rings is 2. The van der Waals surface area contributed by atoms with Gasteiger partial charge in [0.2, 0.25) is 5.91 Å². The summed E-state index contributed by atoms with van der Waals surface area (Å²) in [6.07, 6.45) is 0.458. The van der Waals surface area contributed by atoms with Gasteiger partial charge in [0.05, 0.1) is 42.0 Å². The Kier molecular flexibility index (Phi) is 11.1. The highest BCUT2D eigenvalue weighted by molar-refractivity contribution is 5.99. The van der Waals surface area contributed by atoms with E-state index in [0.29, 0.717) is 29.8 Å². The van der Waals surface area contributed by atoms with Crippen LogP contribution in [0.5, 0.6) is 0 Å². The van der Waals surface area contributed by atoms with Crippen LogP contribution in [0.2, 0.25) is 0 Å². The molecule has 0 saturated heterocycles. The first-order valence-corrected chi connectivity index (χ1v) is 12.5. The number of carbonyl (C=O) groups is 3. The molecule has 0 radical (unpaired) electrons. The van der Waals surface area contributed by atoms with Crippen molar-refractivity contribution in [3.8, 4) is 17.3 Å². The lowest BCUT2D eigenvalue weighted by Gasteiger charge is -2.20. The van der Waals surface area contributed by atoms with Gasteiger partial charge in [-0.3, -0.25) is 14.4 Å². The number of carbonyl (C=O) groups excluding carboxylic acids is 3. The molecule has 0 fully saturated rings. The molecule has 208 valence electrons. The second-order valence-electron chi connectivity index (χ2n) is 8.62. The molecule has 0 aliphatic carbocycles. The van der Waals surface area contributed by atoms with Gasteiger partial charge in [-0.25, -0.2) is 9.37 Å². The molecular weight excluding hydrogens is 517 g/mol. The number of aromatic nitrogens is 1. The van der Waals surface area contributed by atoms with Gasteiger partial charge in [-0.05, 0) is 42.3 Å². The number of esters is 1. The van der Waals surface area contributed by atoms with E-state index in [-0.39, 0.29) is 43.4 Å². The third-order valence-electron chi connectivity index (χ3n) is 5.73. The van der Waals surface area contributed by atoms with E-state index in [1.54, 1.807) is 48.5 Å². The molecule has 1 atom stereocenters. The number of hydrogen-bond donors (Lipinski definition) is 5. The minimum Gasteiger partial charge on any atom is -0.462 e. The van der Waals surface area contributed by atoms with Gasteiger partial charge in [0.15, 0.2) is 0 Å². The molecule has 12 heteroatoms. The van der Waals surface area contributed by atoms with Crippen LogP contribution in [0.3, 0.4) is 0 Å². The minimum absolute atomic E-state index is 0.0792. The maximum atomic E-state index is 13.6. The van der Waals surface area contributed by atoms with E-state index >= 15 is 0 Å². The SMILES string of the molecule is N#Cc1ccccc1-c1ccc(C(=O)NC[C@@H](COC(=O)CN)NC(=O)CN)c(NCCc2cccc(F)c2)n1. The molecule has 3 aromatic rings. The van der Waals surface area contributed by atoms with E-state index < -0.39 is 23.8 Å². The Morgan fingerprint density at radius 3 is 2.58 bits per heavy atom. The number of amides is 2. The monoisotopic (exact) mass is 547 g/mol. The van der Waals surface area contributed by atoms with Gasteiger partial charge in [-0.2, -0.15) is 5.26 Å². The van der Waals surface area contributed by atoms with Gasteiger partial charge in [0, 0.05) is 18.7 Å². The van der Waals surface area contributed by atoms with E-state index in [1.165, 1.54) is 12.1 Å². The third kappa shape index (κ3) is 8.59. The van der Waals surface area contributed by atoms with Gasteiger partial charge in [-0.1, -0.05) is 30.3 Å². The summed E-state index contributed by atoms with van der Waals surface area (Å²) in [6, 6.07) is 17.7. The topological polar surface area (TPSA) is 185 Å². The lowest BCUT2D eigenvalue weighted by atomic mass is 10.0. The van der Waals surface area contributed by atoms with Crippen LogP contribution in [-0.4, -0.2) is 61.6 Å². The van der Waals surface area contributed by atoms with Crippen molar-refractivity contribution in [1.29, 1.82) is 5.26 Å². The predicted molar refractivity (Wildman–Crippen MR) is 146 cm³/mol. The molecule has 1 heterocycles. The second-order valence-corrected chi connectivity index (χ2v) is 8.62. The highest BCUT2D eigenvalue weighted by Crippen LogP contribution is 2.25. The van der Waals surface area contributed by atoms with Crippen molar-refractivity contribution in [3.63, 3.8) is 0 Å². The maximum absolute atomic E-state index is 13.6. The normalized spacial score (nSPS) is 11.2. The van der Waals surface area contributed by atoms with Crippen LogP contribution in [0.25, 0.3) is 11.3 Å². The van der Waals surface area contributed by atoms with Gasteiger partial charge >= 0.3 is 5.97 Å². The van der Waals surface area contributed by atoms with E-state index in [0.717, 1.165) is 5.56 Å². The van der Waals surface area contributed by atoms with Gasteiger partial charge in [0.1, 0.15) is 18.2 Å². The molecule has 1 aromatic heterocycles. The van der Waals surface area contributed by atoms with Crippen LogP contribution >= 0.6 is 0 Å². The molecule has 3 rings (SSSR count). The molecule has 0 aliphatic heterocycles. The molecule has 0 spiro atoms. The van der Waals surface area contributed by atoms with Gasteiger partial charge in [0.25, 0.3) is 5.91 Å². The van der Waals surface area contributed by atoms with E-state index in [2.05, 4.69) is 27.0 Å². The van der Waals surface area contributed by atoms with Crippen molar-refractivity contribution >= 4 is 23.6 Å². The van der Waals surface area contributed by atoms with E-state index in [9.17, 15) is 24.0 Å². The number of nitrogens with zero attached hydrogens (tertiary/aromatic N) is 2. The van der Waals surface area contributed by atoms with Crippen LogP contribution in [0.4, 0.5) is 10.2 Å². The summed E-state index contributed by atoms with van der Waals surface area (Å²) >= 11 is 0. The average Bonchev–Trinajstić information content (AvgIpc) is 2.97. The summed E-state index contributed by atoms with van der Waals surface area (Å²) in [5.74, 6) is -1.78. The Morgan fingerprint density at radius 1 is 1.05 bits per heavy atom. The first-order valence-electron chi connectivity index (χ1n) is 12.5. The van der Waals surface area contributed by atoms with Crippen molar-refractivity contribution in [2.75, 3.05) is 38.1 Å². The quantitative estimate of drug-likeness (QED) is 0.195. The first kappa shape index (κ1) is 29.7. The smallest absolute Gasteiger partial charge is 0.319 e. The largest absolute Gasteiger partial charge is 0.462 e. The van der Waals surface area contributed by atoms with Crippen molar-refractivity contribution in [2.24, 2.45) is 11.5 Å². The Hall–Kier alpha value is -4.86. The lowest BCUT2D eigenvalue weighted by Crippen LogP contribution is -2.48. The van der Waals surface area contributed by atoms with Gasteiger partial charge < -0.3 is 32.2 Å². The predicted octanol–water partition coefficient (Wildman–Crippen LogP) is 1.09. The summed E-state index contributed by atoms with van der Waals surface area (Å²) in [4.78, 5) is 41.1. The number of ether oxygens (including phenoxy) is 1. The average molecular weight is 548 g/mol. The Morgan fingerprint density at radius 2 is 1.85 bits per heavy atom. The first-order chi connectivity index (χ1) is 19.3. The number of rotatable bonds is 13. The van der Waals surface area contributed by atoms with E-state index in [1.807, 2.05) is 0 Å². The number of nitriles is 1. The maximum Gasteiger partial charge on any atom is 0.319 e. The summed E-state index contributed by atoms with van der Waals surface area (Å²) in [6.45, 7) is -0.580. The number of anilines is 1. The highest BCUT2D eigenvalue weighted by atomic mass is 19.1. The molecular formula is C28H30FN7O4. The number of pyridine rings is 1. The number of hydrogen-bond acceptors (Lipinski definition) is 9. The minimum atomic E-state index is -0.755. The highest BCUT2D eigenvalue weighted by Gasteiger charge is 2.19. The molecule has 7 N–H and O–H groups in total. The molecule has 2 aromatic carbocycles. The lowest BCUT2D eigenvalue weighted by molar-refractivity contribution is -0.143. The molecule has 0 unspecified atom stereocenters. The third-order valence-corrected chi connectivity index (χ3v) is 5.73. The zero-order chi connectivity index (χ0) is 28.9. The summed E-state index contributed by atoms with van der Waals surface area (Å²) in [5.41, 5.74) is 13.1. The van der Waals surface area contributed by atoms with Crippen LogP contribution < -0.4 is 27.4 Å². The van der Waals surface area contributed by atoms with Crippen molar-refractivity contribution in [3.05, 3.63) is 83.2 Å². The molecule has 0 bridgehead atoms. The summed E-state index contributed by atoms with van der Waals surface area (Å²) in [7, 11) is 0. The second kappa shape index (κ2) is 14.9. The van der Waals surface area contributed by atoms with E-state index in [4.69, 9.17) is 16.2 Å². The van der Waals surface area contributed by atoms with Crippen LogP contribution in [0.15, 0.2) is 60.7 Å². The number of nitrogens with two attached hydrogens (primary N) is 2. The Labute approximate surface area is 230 Å². The van der Waals surface area contributed by atoms with Crippen molar-refractivity contribution in [2.45, 2.75) is 12.5 Å². The molecule has 0 saturated carbocycles. The fourth-order valence-corrected chi connectivity index (χ4v) is 3.75. The van der Waals surface area contributed by atoms with Crippen molar-refractivity contribution < 1.29 is 23.5 Å². The fourth-order valence-electron chi connectivity index (χ4n) is 3.75. The van der Waals surface area contributed by atoms with Crippen LogP contribution in [-0.2, 0) is 20.7 Å². The number of halogens is 1. The zero-order valence-electron chi connectivity index (χ0n) is 21.7. The molecule has 2 amide bonds. The summed E-state index contributed by atoms with van der Waals surface area (Å²) < 4.78 is 18.6. The molecule has 11 nitrogen and oxygen atoms in total. The summed E-state index contributed by atoms with van der Waals surface area (Å²) in [5, 5.41) is 17.9. The zero-order valence-corrected chi connectivity index (χ0v) is 21.7. The Balaban J connectivity index is 1.82.